The number of halogens is 3. The van der Waals surface area contributed by atoms with Gasteiger partial charge in [-0.05, 0) is 37.6 Å². The SMILES string of the molecule is Cc1cnc(C(=O)Nc2cccc(C3=NNNN3[C@H](C)CO)n2)cc1-n1cnc(C(F)(F)F)c1. The van der Waals surface area contributed by atoms with E-state index < -0.39 is 17.8 Å². The Labute approximate surface area is 191 Å². The number of aliphatic hydroxyl groups excluding tert-OH is 1. The zero-order valence-corrected chi connectivity index (χ0v) is 18.0. The molecule has 0 bridgehead atoms. The van der Waals surface area contributed by atoms with Gasteiger partial charge in [-0.15, -0.1) is 10.6 Å². The number of alkyl halides is 3. The van der Waals surface area contributed by atoms with Crippen LogP contribution in [0.5, 0.6) is 0 Å². The molecule has 0 fully saturated rings. The van der Waals surface area contributed by atoms with Crippen LogP contribution in [0.4, 0.5) is 19.0 Å². The van der Waals surface area contributed by atoms with Crippen LogP contribution in [0.2, 0.25) is 0 Å². The highest BCUT2D eigenvalue weighted by atomic mass is 19.4. The van der Waals surface area contributed by atoms with Gasteiger partial charge in [-0.2, -0.15) is 13.2 Å². The molecular weight excluding hydrogens is 455 g/mol. The summed E-state index contributed by atoms with van der Waals surface area (Å²) >= 11 is 0. The average molecular weight is 475 g/mol. The lowest BCUT2D eigenvalue weighted by Gasteiger charge is -2.24. The van der Waals surface area contributed by atoms with Crippen LogP contribution in [0.3, 0.4) is 0 Å². The standard InChI is InChI=1S/C20H20F3N9O2/c1-11-7-24-14(6-15(11)31-8-16(25-10-31)20(21,22)23)19(34)27-17-5-3-4-13(26-17)18-28-29-30-32(18)12(2)9-33/h3-8,10,12,29-30,33H,9H2,1-2H3,(H,26,27,34)/t12-/m1/s1. The van der Waals surface area contributed by atoms with Crippen molar-refractivity contribution in [2.24, 2.45) is 5.10 Å². The molecule has 4 N–H and O–H groups in total. The maximum atomic E-state index is 12.9. The third-order valence-corrected chi connectivity index (χ3v) is 4.94. The minimum absolute atomic E-state index is 0.0212. The Hall–Kier alpha value is -4.04. The third-order valence-electron chi connectivity index (χ3n) is 4.94. The van der Waals surface area contributed by atoms with E-state index in [0.29, 0.717) is 22.8 Å². The molecule has 1 amide bonds. The van der Waals surface area contributed by atoms with Gasteiger partial charge in [0.15, 0.2) is 11.5 Å². The van der Waals surface area contributed by atoms with Crippen molar-refractivity contribution < 1.29 is 23.1 Å². The first-order chi connectivity index (χ1) is 16.2. The number of pyridine rings is 2. The van der Waals surface area contributed by atoms with E-state index in [1.807, 2.05) is 0 Å². The first-order valence-corrected chi connectivity index (χ1v) is 10.0. The van der Waals surface area contributed by atoms with Gasteiger partial charge in [0.2, 0.25) is 0 Å². The van der Waals surface area contributed by atoms with E-state index in [1.54, 1.807) is 37.1 Å². The highest BCUT2D eigenvalue weighted by Crippen LogP contribution is 2.28. The number of hydrazone groups is 1. The van der Waals surface area contributed by atoms with Crippen LogP contribution in [0.25, 0.3) is 5.69 Å². The summed E-state index contributed by atoms with van der Waals surface area (Å²) < 4.78 is 39.9. The van der Waals surface area contributed by atoms with Crippen molar-refractivity contribution in [3.8, 4) is 5.69 Å². The minimum Gasteiger partial charge on any atom is -0.394 e. The van der Waals surface area contributed by atoms with Crippen molar-refractivity contribution >= 4 is 17.6 Å². The number of rotatable bonds is 6. The summed E-state index contributed by atoms with van der Waals surface area (Å²) in [4.78, 5) is 24.7. The Kier molecular flexibility index (Phi) is 6.17. The molecule has 0 radical (unpaired) electrons. The summed E-state index contributed by atoms with van der Waals surface area (Å²) in [5.74, 6) is 0.0147. The molecule has 0 aromatic carbocycles. The number of amides is 1. The third kappa shape index (κ3) is 4.67. The van der Waals surface area contributed by atoms with Crippen LogP contribution < -0.4 is 16.4 Å². The van der Waals surface area contributed by atoms with Gasteiger partial charge in [0.1, 0.15) is 17.2 Å². The smallest absolute Gasteiger partial charge is 0.394 e. The molecule has 0 spiro atoms. The number of anilines is 1. The monoisotopic (exact) mass is 475 g/mol. The van der Waals surface area contributed by atoms with Gasteiger partial charge in [0.25, 0.3) is 5.91 Å². The van der Waals surface area contributed by atoms with Gasteiger partial charge in [0, 0.05) is 12.4 Å². The molecule has 1 atom stereocenters. The summed E-state index contributed by atoms with van der Waals surface area (Å²) in [5, 5.41) is 17.7. The van der Waals surface area contributed by atoms with Gasteiger partial charge >= 0.3 is 6.18 Å². The number of hydrazine groups is 2. The van der Waals surface area contributed by atoms with Crippen molar-refractivity contribution in [2.45, 2.75) is 26.1 Å². The van der Waals surface area contributed by atoms with E-state index in [-0.39, 0.29) is 24.2 Å². The Bertz CT molecular complexity index is 1240. The number of carbonyl (C=O) groups is 1. The van der Waals surface area contributed by atoms with E-state index in [1.165, 1.54) is 16.8 Å². The number of nitrogens with one attached hydrogen (secondary N) is 3. The fourth-order valence-corrected chi connectivity index (χ4v) is 3.15. The number of aryl methyl sites for hydroxylation is 1. The molecule has 0 saturated heterocycles. The Morgan fingerprint density at radius 1 is 1.29 bits per heavy atom. The lowest BCUT2D eigenvalue weighted by molar-refractivity contribution is -0.140. The van der Waals surface area contributed by atoms with Crippen LogP contribution >= 0.6 is 0 Å². The van der Waals surface area contributed by atoms with Crippen LogP contribution in [-0.4, -0.2) is 54.0 Å². The van der Waals surface area contributed by atoms with Crippen molar-refractivity contribution in [3.05, 3.63) is 65.6 Å². The van der Waals surface area contributed by atoms with Gasteiger partial charge in [-0.1, -0.05) is 6.07 Å². The highest BCUT2D eigenvalue weighted by molar-refractivity contribution is 6.03. The van der Waals surface area contributed by atoms with Crippen molar-refractivity contribution in [2.75, 3.05) is 11.9 Å². The topological polar surface area (TPSA) is 133 Å². The predicted octanol–water partition coefficient (Wildman–Crippen LogP) is 1.61. The number of hydrogen-bond acceptors (Lipinski definition) is 9. The Balaban J connectivity index is 1.55. The van der Waals surface area contributed by atoms with Gasteiger partial charge < -0.3 is 15.0 Å². The largest absolute Gasteiger partial charge is 0.434 e. The molecule has 4 heterocycles. The van der Waals surface area contributed by atoms with Crippen LogP contribution in [0, 0.1) is 6.92 Å². The number of carbonyl (C=O) groups excluding carboxylic acids is 1. The predicted molar refractivity (Wildman–Crippen MR) is 114 cm³/mol. The molecule has 34 heavy (non-hydrogen) atoms. The van der Waals surface area contributed by atoms with Gasteiger partial charge in [-0.25, -0.2) is 15.5 Å². The number of nitrogens with zero attached hydrogens (tertiary/aromatic N) is 6. The van der Waals surface area contributed by atoms with E-state index in [0.717, 1.165) is 12.5 Å². The lowest BCUT2D eigenvalue weighted by atomic mass is 10.2. The Morgan fingerprint density at radius 2 is 2.09 bits per heavy atom. The van der Waals surface area contributed by atoms with Gasteiger partial charge in [0.05, 0.1) is 24.7 Å². The zero-order valence-electron chi connectivity index (χ0n) is 18.0. The molecule has 1 aliphatic heterocycles. The second-order valence-electron chi connectivity index (χ2n) is 7.44. The molecule has 0 unspecified atom stereocenters. The molecule has 14 heteroatoms. The molecule has 4 rings (SSSR count). The van der Waals surface area contributed by atoms with E-state index in [4.69, 9.17) is 0 Å². The maximum absolute atomic E-state index is 12.9. The maximum Gasteiger partial charge on any atom is 0.434 e. The fourth-order valence-electron chi connectivity index (χ4n) is 3.15. The second kappa shape index (κ2) is 9.07. The molecule has 3 aromatic heterocycles. The van der Waals surface area contributed by atoms with E-state index in [9.17, 15) is 23.1 Å². The molecule has 0 saturated carbocycles. The molecule has 3 aromatic rings. The number of hydrogen-bond donors (Lipinski definition) is 4. The van der Waals surface area contributed by atoms with Crippen molar-refractivity contribution in [1.29, 1.82) is 0 Å². The summed E-state index contributed by atoms with van der Waals surface area (Å²) in [7, 11) is 0. The number of imidazole rings is 1. The second-order valence-corrected chi connectivity index (χ2v) is 7.44. The molecule has 1 aliphatic rings. The molecule has 178 valence electrons. The van der Waals surface area contributed by atoms with Gasteiger partial charge in [-0.3, -0.25) is 14.8 Å². The number of aromatic nitrogens is 4. The highest BCUT2D eigenvalue weighted by Gasteiger charge is 2.33. The van der Waals surface area contributed by atoms with Crippen LogP contribution in [-0.2, 0) is 6.18 Å². The lowest BCUT2D eigenvalue weighted by Crippen LogP contribution is -2.48. The quantitative estimate of drug-likeness (QED) is 0.423. The number of amidine groups is 1. The van der Waals surface area contributed by atoms with Crippen LogP contribution in [0.15, 0.2) is 48.1 Å². The Morgan fingerprint density at radius 3 is 2.79 bits per heavy atom. The van der Waals surface area contributed by atoms with E-state index in [2.05, 4.69) is 36.4 Å². The summed E-state index contributed by atoms with van der Waals surface area (Å²) in [5.41, 5.74) is 5.63. The van der Waals surface area contributed by atoms with Crippen LogP contribution in [0.1, 0.15) is 34.4 Å². The summed E-state index contributed by atoms with van der Waals surface area (Å²) in [6.45, 7) is 3.30. The average Bonchev–Trinajstić information content (AvgIpc) is 3.49. The van der Waals surface area contributed by atoms with Crippen molar-refractivity contribution in [3.63, 3.8) is 0 Å². The normalized spacial score (nSPS) is 14.5. The molecular formula is C20H20F3N9O2. The van der Waals surface area contributed by atoms with E-state index >= 15 is 0 Å². The molecule has 11 nitrogen and oxygen atoms in total. The molecule has 0 aliphatic carbocycles. The summed E-state index contributed by atoms with van der Waals surface area (Å²) in [6.07, 6.45) is -1.32. The minimum atomic E-state index is -4.58. The first kappa shape index (κ1) is 23.1. The first-order valence-electron chi connectivity index (χ1n) is 10.0. The summed E-state index contributed by atoms with van der Waals surface area (Å²) in [6, 6.07) is 5.98. The number of aliphatic hydroxyl groups is 1. The van der Waals surface area contributed by atoms with Crippen molar-refractivity contribution in [1.82, 2.24) is 35.6 Å². The fraction of sp³-hybridized carbons (Fsp3) is 0.250. The zero-order chi connectivity index (χ0) is 24.5.